The van der Waals surface area contributed by atoms with Crippen LogP contribution in [0.2, 0.25) is 0 Å². The molecule has 2 heteroatoms. The summed E-state index contributed by atoms with van der Waals surface area (Å²) in [6.07, 6.45) is 11.6. The van der Waals surface area contributed by atoms with Crippen molar-refractivity contribution in [1.82, 2.24) is 5.32 Å². The van der Waals surface area contributed by atoms with E-state index >= 15 is 0 Å². The lowest BCUT2D eigenvalue weighted by Crippen LogP contribution is -2.36. The molecule has 0 heterocycles. The zero-order chi connectivity index (χ0) is 14.5. The van der Waals surface area contributed by atoms with Crippen molar-refractivity contribution in [3.8, 4) is 0 Å². The second kappa shape index (κ2) is 6.93. The van der Waals surface area contributed by atoms with E-state index in [-0.39, 0.29) is 0 Å². The number of rotatable bonds is 5. The van der Waals surface area contributed by atoms with Gasteiger partial charge in [0.1, 0.15) is 0 Å². The molecule has 0 atom stereocenters. The molecule has 21 heavy (non-hydrogen) atoms. The molecule has 0 radical (unpaired) electrons. The van der Waals surface area contributed by atoms with Gasteiger partial charge < -0.3 is 10.1 Å². The van der Waals surface area contributed by atoms with Crippen molar-refractivity contribution in [3.63, 3.8) is 0 Å². The molecule has 1 aromatic rings. The Bertz CT molecular complexity index is 441. The van der Waals surface area contributed by atoms with Gasteiger partial charge >= 0.3 is 0 Å². The van der Waals surface area contributed by atoms with Gasteiger partial charge in [0.15, 0.2) is 0 Å². The van der Waals surface area contributed by atoms with Gasteiger partial charge in [-0.3, -0.25) is 0 Å². The quantitative estimate of drug-likeness (QED) is 0.865. The van der Waals surface area contributed by atoms with Crippen LogP contribution in [0.1, 0.15) is 62.5 Å². The predicted molar refractivity (Wildman–Crippen MR) is 87.2 cm³/mol. The van der Waals surface area contributed by atoms with Crippen LogP contribution in [0.4, 0.5) is 0 Å². The molecule has 2 saturated carbocycles. The first-order chi connectivity index (χ1) is 10.3. The fraction of sp³-hybridized carbons (Fsp3) is 0.684. The smallest absolute Gasteiger partial charge is 0.0716 e. The van der Waals surface area contributed by atoms with Crippen LogP contribution < -0.4 is 5.32 Å². The van der Waals surface area contributed by atoms with Crippen molar-refractivity contribution in [2.75, 3.05) is 7.11 Å². The minimum absolute atomic E-state index is 0.714. The molecule has 3 rings (SSSR count). The second-order valence-corrected chi connectivity index (χ2v) is 7.06. The fourth-order valence-corrected chi connectivity index (χ4v) is 4.34. The van der Waals surface area contributed by atoms with Gasteiger partial charge in [0.2, 0.25) is 0 Å². The van der Waals surface area contributed by atoms with Gasteiger partial charge in [0.25, 0.3) is 0 Å². The van der Waals surface area contributed by atoms with E-state index < -0.39 is 0 Å². The van der Waals surface area contributed by atoms with E-state index in [2.05, 4.69) is 29.6 Å². The van der Waals surface area contributed by atoms with Crippen molar-refractivity contribution >= 4 is 0 Å². The molecule has 116 valence electrons. The molecule has 0 bridgehead atoms. The predicted octanol–water partition coefficient (Wildman–Crippen LogP) is 4.43. The highest BCUT2D eigenvalue weighted by Gasteiger charge is 2.37. The molecule has 0 aliphatic heterocycles. The summed E-state index contributed by atoms with van der Waals surface area (Å²) < 4.78 is 5.30. The first kappa shape index (κ1) is 15.1. The van der Waals surface area contributed by atoms with E-state index in [0.29, 0.717) is 12.6 Å². The minimum Gasteiger partial charge on any atom is -0.380 e. The SMILES string of the molecule is COCc1ccccc1CNC1CCC2(CCCC2)CC1. The molecule has 2 aliphatic carbocycles. The summed E-state index contributed by atoms with van der Waals surface area (Å²) in [6, 6.07) is 9.34. The first-order valence-electron chi connectivity index (χ1n) is 8.60. The highest BCUT2D eigenvalue weighted by Crippen LogP contribution is 2.48. The average molecular weight is 287 g/mol. The van der Waals surface area contributed by atoms with Gasteiger partial charge in [-0.05, 0) is 55.1 Å². The molecular formula is C19H29NO. The van der Waals surface area contributed by atoms with Crippen LogP contribution in [0.15, 0.2) is 24.3 Å². The highest BCUT2D eigenvalue weighted by molar-refractivity contribution is 5.26. The maximum absolute atomic E-state index is 5.30. The van der Waals surface area contributed by atoms with Crippen molar-refractivity contribution in [1.29, 1.82) is 0 Å². The lowest BCUT2D eigenvalue weighted by atomic mass is 9.71. The van der Waals surface area contributed by atoms with Crippen LogP contribution in [0.5, 0.6) is 0 Å². The van der Waals surface area contributed by atoms with Crippen LogP contribution in [0, 0.1) is 5.41 Å². The van der Waals surface area contributed by atoms with Gasteiger partial charge in [0, 0.05) is 19.7 Å². The third-order valence-corrected chi connectivity index (χ3v) is 5.71. The van der Waals surface area contributed by atoms with Crippen LogP contribution in [-0.2, 0) is 17.9 Å². The average Bonchev–Trinajstić information content (AvgIpc) is 2.97. The number of ether oxygens (including phenoxy) is 1. The summed E-state index contributed by atoms with van der Waals surface area (Å²) >= 11 is 0. The van der Waals surface area contributed by atoms with E-state index in [1.807, 2.05) is 0 Å². The maximum atomic E-state index is 5.30. The van der Waals surface area contributed by atoms with Gasteiger partial charge in [-0.25, -0.2) is 0 Å². The topological polar surface area (TPSA) is 21.3 Å². The Labute approximate surface area is 129 Å². The van der Waals surface area contributed by atoms with Gasteiger partial charge in [-0.15, -0.1) is 0 Å². The Morgan fingerprint density at radius 3 is 2.38 bits per heavy atom. The molecule has 1 N–H and O–H groups in total. The van der Waals surface area contributed by atoms with E-state index in [1.54, 1.807) is 7.11 Å². The molecule has 2 fully saturated rings. The lowest BCUT2D eigenvalue weighted by Gasteiger charge is -2.37. The number of benzene rings is 1. The third kappa shape index (κ3) is 3.67. The minimum atomic E-state index is 0.714. The van der Waals surface area contributed by atoms with Crippen LogP contribution in [0.3, 0.4) is 0 Å². The standard InChI is InChI=1S/C19H29NO/c1-21-15-17-7-3-2-6-16(17)14-20-18-8-12-19(13-9-18)10-4-5-11-19/h2-3,6-7,18,20H,4-5,8-15H2,1H3. The Kier molecular flexibility index (Phi) is 4.97. The van der Waals surface area contributed by atoms with E-state index in [9.17, 15) is 0 Å². The number of hydrogen-bond acceptors (Lipinski definition) is 2. The van der Waals surface area contributed by atoms with Crippen molar-refractivity contribution < 1.29 is 4.74 Å². The molecule has 0 saturated heterocycles. The lowest BCUT2D eigenvalue weighted by molar-refractivity contribution is 0.167. The maximum Gasteiger partial charge on any atom is 0.0716 e. The zero-order valence-corrected chi connectivity index (χ0v) is 13.4. The summed E-state index contributed by atoms with van der Waals surface area (Å²) in [5.41, 5.74) is 3.45. The molecule has 2 nitrogen and oxygen atoms in total. The van der Waals surface area contributed by atoms with E-state index in [0.717, 1.165) is 12.0 Å². The van der Waals surface area contributed by atoms with E-state index in [1.165, 1.54) is 62.5 Å². The van der Waals surface area contributed by atoms with Crippen LogP contribution in [-0.4, -0.2) is 13.2 Å². The molecule has 1 spiro atoms. The van der Waals surface area contributed by atoms with E-state index in [4.69, 9.17) is 4.74 Å². The van der Waals surface area contributed by atoms with Gasteiger partial charge in [0.05, 0.1) is 6.61 Å². The molecule has 2 aliphatic rings. The summed E-state index contributed by atoms with van der Waals surface area (Å²) in [5.74, 6) is 0. The largest absolute Gasteiger partial charge is 0.380 e. The van der Waals surface area contributed by atoms with Gasteiger partial charge in [-0.1, -0.05) is 37.1 Å². The summed E-state index contributed by atoms with van der Waals surface area (Å²) in [6.45, 7) is 1.70. The zero-order valence-electron chi connectivity index (χ0n) is 13.4. The highest BCUT2D eigenvalue weighted by atomic mass is 16.5. The van der Waals surface area contributed by atoms with Crippen molar-refractivity contribution in [2.24, 2.45) is 5.41 Å². The Morgan fingerprint density at radius 2 is 1.71 bits per heavy atom. The molecule has 0 aromatic heterocycles. The van der Waals surface area contributed by atoms with Crippen LogP contribution >= 0.6 is 0 Å². The molecule has 1 aromatic carbocycles. The monoisotopic (exact) mass is 287 g/mol. The second-order valence-electron chi connectivity index (χ2n) is 7.06. The fourth-order valence-electron chi connectivity index (χ4n) is 4.34. The summed E-state index contributed by atoms with van der Waals surface area (Å²) in [4.78, 5) is 0. The molecule has 0 unspecified atom stereocenters. The normalized spacial score (nSPS) is 22.0. The number of nitrogens with one attached hydrogen (secondary N) is 1. The first-order valence-corrected chi connectivity index (χ1v) is 8.60. The van der Waals surface area contributed by atoms with Crippen LogP contribution in [0.25, 0.3) is 0 Å². The Balaban J connectivity index is 1.50. The number of methoxy groups -OCH3 is 1. The Morgan fingerprint density at radius 1 is 1.05 bits per heavy atom. The Hall–Kier alpha value is -0.860. The van der Waals surface area contributed by atoms with Gasteiger partial charge in [-0.2, -0.15) is 0 Å². The van der Waals surface area contributed by atoms with Crippen molar-refractivity contribution in [2.45, 2.75) is 70.6 Å². The number of hydrogen-bond donors (Lipinski definition) is 1. The summed E-state index contributed by atoms with van der Waals surface area (Å²) in [7, 11) is 1.77. The summed E-state index contributed by atoms with van der Waals surface area (Å²) in [5, 5.41) is 3.79. The molecule has 0 amide bonds. The van der Waals surface area contributed by atoms with Crippen molar-refractivity contribution in [3.05, 3.63) is 35.4 Å². The third-order valence-electron chi connectivity index (χ3n) is 5.71. The molecular weight excluding hydrogens is 258 g/mol.